The SMILES string of the molecule is Cc1cc(C)c(-c2cccc3c4c(n(C(=O)c5ccccc5)c23)CCC(C(=O)O)C4)c(C)c1. The molecule has 0 fully saturated rings. The first-order valence-electron chi connectivity index (χ1n) is 11.4. The number of carbonyl (C=O) groups is 2. The molecule has 33 heavy (non-hydrogen) atoms. The van der Waals surface area contributed by atoms with Crippen molar-refractivity contribution in [1.29, 1.82) is 0 Å². The van der Waals surface area contributed by atoms with E-state index in [1.807, 2.05) is 47.0 Å². The number of fused-ring (bicyclic) bond motifs is 3. The number of nitrogens with zero attached hydrogens (tertiary/aromatic N) is 1. The van der Waals surface area contributed by atoms with Crippen molar-refractivity contribution in [2.75, 3.05) is 0 Å². The van der Waals surface area contributed by atoms with E-state index in [0.717, 1.165) is 33.3 Å². The van der Waals surface area contributed by atoms with Crippen molar-refractivity contribution in [2.24, 2.45) is 5.92 Å². The van der Waals surface area contributed by atoms with Crippen molar-refractivity contribution in [3.63, 3.8) is 0 Å². The summed E-state index contributed by atoms with van der Waals surface area (Å²) in [5, 5.41) is 10.7. The normalized spacial score (nSPS) is 15.4. The number of para-hydroxylation sites is 1. The highest BCUT2D eigenvalue weighted by Gasteiger charge is 2.32. The molecule has 1 N–H and O–H groups in total. The summed E-state index contributed by atoms with van der Waals surface area (Å²) in [4.78, 5) is 25.7. The Kier molecular flexibility index (Phi) is 5.16. The van der Waals surface area contributed by atoms with E-state index >= 15 is 0 Å². The number of aromatic nitrogens is 1. The van der Waals surface area contributed by atoms with Crippen molar-refractivity contribution in [3.8, 4) is 11.1 Å². The molecule has 0 saturated heterocycles. The lowest BCUT2D eigenvalue weighted by Gasteiger charge is -2.20. The minimum Gasteiger partial charge on any atom is -0.481 e. The van der Waals surface area contributed by atoms with Crippen molar-refractivity contribution >= 4 is 22.8 Å². The van der Waals surface area contributed by atoms with E-state index in [0.29, 0.717) is 24.8 Å². The molecule has 1 unspecified atom stereocenters. The van der Waals surface area contributed by atoms with E-state index in [9.17, 15) is 14.7 Å². The molecule has 0 amide bonds. The monoisotopic (exact) mass is 437 g/mol. The van der Waals surface area contributed by atoms with Crippen LogP contribution in [0.15, 0.2) is 60.7 Å². The van der Waals surface area contributed by atoms with Gasteiger partial charge in [-0.15, -0.1) is 0 Å². The van der Waals surface area contributed by atoms with E-state index < -0.39 is 11.9 Å². The van der Waals surface area contributed by atoms with Crippen LogP contribution < -0.4 is 0 Å². The number of hydrogen-bond acceptors (Lipinski definition) is 2. The van der Waals surface area contributed by atoms with Crippen molar-refractivity contribution in [1.82, 2.24) is 4.57 Å². The third-order valence-corrected chi connectivity index (χ3v) is 6.90. The minimum absolute atomic E-state index is 0.0644. The molecule has 0 aliphatic heterocycles. The Morgan fingerprint density at radius 1 is 0.939 bits per heavy atom. The van der Waals surface area contributed by atoms with Gasteiger partial charge in [0, 0.05) is 22.2 Å². The number of aliphatic carboxylic acids is 1. The second-order valence-electron chi connectivity index (χ2n) is 9.19. The standard InChI is InChI=1S/C29H27NO3/c1-17-14-18(2)26(19(3)15-17)23-11-7-10-22-24-16-21(29(32)33)12-13-25(24)30(27(22)23)28(31)20-8-5-4-6-9-20/h4-11,14-15,21H,12-13,16H2,1-3H3,(H,32,33). The molecule has 1 atom stereocenters. The molecule has 5 rings (SSSR count). The zero-order valence-electron chi connectivity index (χ0n) is 19.2. The van der Waals surface area contributed by atoms with Gasteiger partial charge >= 0.3 is 5.97 Å². The molecule has 0 bridgehead atoms. The van der Waals surface area contributed by atoms with Crippen LogP contribution in [-0.2, 0) is 17.6 Å². The van der Waals surface area contributed by atoms with Crippen LogP contribution in [0, 0.1) is 26.7 Å². The van der Waals surface area contributed by atoms with E-state index in [1.54, 1.807) is 0 Å². The largest absolute Gasteiger partial charge is 0.481 e. The maximum absolute atomic E-state index is 13.9. The molecular weight excluding hydrogens is 410 g/mol. The Morgan fingerprint density at radius 2 is 1.64 bits per heavy atom. The van der Waals surface area contributed by atoms with Crippen molar-refractivity contribution in [3.05, 3.63) is 94.2 Å². The average molecular weight is 438 g/mol. The number of rotatable bonds is 3. The number of aryl methyl sites for hydroxylation is 3. The third-order valence-electron chi connectivity index (χ3n) is 6.90. The number of carboxylic acids is 1. The van der Waals surface area contributed by atoms with Crippen LogP contribution >= 0.6 is 0 Å². The average Bonchev–Trinajstić information content (AvgIpc) is 3.13. The molecule has 3 aromatic carbocycles. The van der Waals surface area contributed by atoms with Crippen LogP contribution in [-0.4, -0.2) is 21.6 Å². The first-order chi connectivity index (χ1) is 15.9. The van der Waals surface area contributed by atoms with Gasteiger partial charge in [0.05, 0.1) is 11.4 Å². The van der Waals surface area contributed by atoms with E-state index in [-0.39, 0.29) is 5.91 Å². The topological polar surface area (TPSA) is 59.3 Å². The Bertz CT molecular complexity index is 1390. The van der Waals surface area contributed by atoms with Gasteiger partial charge in [-0.25, -0.2) is 0 Å². The van der Waals surface area contributed by atoms with Crippen molar-refractivity contribution < 1.29 is 14.7 Å². The second-order valence-corrected chi connectivity index (χ2v) is 9.19. The summed E-state index contributed by atoms with van der Waals surface area (Å²) in [6, 6.07) is 19.8. The highest BCUT2D eigenvalue weighted by molar-refractivity contribution is 6.09. The number of carbonyl (C=O) groups excluding carboxylic acids is 1. The van der Waals surface area contributed by atoms with Gasteiger partial charge < -0.3 is 5.11 Å². The van der Waals surface area contributed by atoms with Crippen LogP contribution in [0.4, 0.5) is 0 Å². The van der Waals surface area contributed by atoms with Gasteiger partial charge in [0.15, 0.2) is 0 Å². The van der Waals surface area contributed by atoms with Gasteiger partial charge in [-0.1, -0.05) is 54.1 Å². The highest BCUT2D eigenvalue weighted by atomic mass is 16.4. The van der Waals surface area contributed by atoms with Crippen molar-refractivity contribution in [2.45, 2.75) is 40.0 Å². The van der Waals surface area contributed by atoms with Crippen LogP contribution in [0.3, 0.4) is 0 Å². The second kappa shape index (κ2) is 8.04. The minimum atomic E-state index is -0.766. The molecule has 4 heteroatoms. The van der Waals surface area contributed by atoms with Crippen LogP contribution in [0.25, 0.3) is 22.0 Å². The summed E-state index contributed by atoms with van der Waals surface area (Å²) < 4.78 is 1.87. The molecule has 166 valence electrons. The van der Waals surface area contributed by atoms with E-state index in [2.05, 4.69) is 39.0 Å². The maximum atomic E-state index is 13.9. The summed E-state index contributed by atoms with van der Waals surface area (Å²) in [5.41, 5.74) is 9.17. The van der Waals surface area contributed by atoms with Gasteiger partial charge in [0.2, 0.25) is 0 Å². The Morgan fingerprint density at radius 3 is 2.30 bits per heavy atom. The fourth-order valence-electron chi connectivity index (χ4n) is 5.55. The molecule has 1 aromatic heterocycles. The summed E-state index contributed by atoms with van der Waals surface area (Å²) >= 11 is 0. The first kappa shape index (κ1) is 21.2. The molecule has 1 heterocycles. The maximum Gasteiger partial charge on any atom is 0.306 e. The zero-order chi connectivity index (χ0) is 23.3. The molecule has 1 aliphatic carbocycles. The van der Waals surface area contributed by atoms with E-state index in [1.165, 1.54) is 16.7 Å². The van der Waals surface area contributed by atoms with Gasteiger partial charge in [-0.3, -0.25) is 14.2 Å². The van der Waals surface area contributed by atoms with Crippen LogP contribution in [0.1, 0.15) is 44.7 Å². The van der Waals surface area contributed by atoms with E-state index in [4.69, 9.17) is 0 Å². The summed E-state index contributed by atoms with van der Waals surface area (Å²) in [6.45, 7) is 6.32. The lowest BCUT2D eigenvalue weighted by molar-refractivity contribution is -0.142. The zero-order valence-corrected chi connectivity index (χ0v) is 19.2. The molecule has 0 saturated carbocycles. The van der Waals surface area contributed by atoms with Gasteiger partial charge in [0.1, 0.15) is 0 Å². The summed E-state index contributed by atoms with van der Waals surface area (Å²) in [6.07, 6.45) is 1.56. The molecule has 1 aliphatic rings. The highest BCUT2D eigenvalue weighted by Crippen LogP contribution is 2.41. The van der Waals surface area contributed by atoms with Crippen LogP contribution in [0.5, 0.6) is 0 Å². The Labute approximate surface area is 193 Å². The fraction of sp³-hybridized carbons (Fsp3) is 0.241. The number of hydrogen-bond donors (Lipinski definition) is 1. The summed E-state index contributed by atoms with van der Waals surface area (Å²) in [5.74, 6) is -1.25. The predicted molar refractivity (Wildman–Crippen MR) is 131 cm³/mol. The summed E-state index contributed by atoms with van der Waals surface area (Å²) in [7, 11) is 0. The lowest BCUT2D eigenvalue weighted by Crippen LogP contribution is -2.24. The number of carboxylic acid groups (broad SMARTS) is 1. The lowest BCUT2D eigenvalue weighted by atomic mass is 9.86. The van der Waals surface area contributed by atoms with Crippen LogP contribution in [0.2, 0.25) is 0 Å². The fourth-order valence-corrected chi connectivity index (χ4v) is 5.55. The predicted octanol–water partition coefficient (Wildman–Crippen LogP) is 6.11. The number of benzene rings is 3. The molecular formula is C29H27NO3. The molecule has 0 radical (unpaired) electrons. The van der Waals surface area contributed by atoms with Gasteiger partial charge in [-0.05, 0) is 74.4 Å². The van der Waals surface area contributed by atoms with Gasteiger partial charge in [-0.2, -0.15) is 0 Å². The Hall–Kier alpha value is -3.66. The Balaban J connectivity index is 1.85. The third kappa shape index (κ3) is 3.46. The quantitative estimate of drug-likeness (QED) is 0.421. The van der Waals surface area contributed by atoms with Gasteiger partial charge in [0.25, 0.3) is 5.91 Å². The molecule has 4 aromatic rings. The smallest absolute Gasteiger partial charge is 0.306 e. The molecule has 0 spiro atoms. The first-order valence-corrected chi connectivity index (χ1v) is 11.4. The molecule has 4 nitrogen and oxygen atoms in total.